The molecule has 2 heterocycles. The lowest BCUT2D eigenvalue weighted by molar-refractivity contribution is 1.07. The monoisotopic (exact) mass is 714 g/mol. The Balaban J connectivity index is 1.08. The number of hydrogen-bond donors (Lipinski definition) is 0. The number of benzene rings is 8. The minimum atomic E-state index is 0.633. The van der Waals surface area contributed by atoms with Crippen LogP contribution in [0.3, 0.4) is 0 Å². The SMILES string of the molecule is c1ccc(-c2nc(-c3ccccc3)nc(-c3cccc(-c4cccc(-c5ccc6nc(-c7ccccc7)c7cccc(-c8ccccc8)c7c6c5)c4)c3)n2)cc1. The lowest BCUT2D eigenvalue weighted by Gasteiger charge is -2.15. The molecule has 0 N–H and O–H groups in total. The summed E-state index contributed by atoms with van der Waals surface area (Å²) in [5, 5.41) is 3.47. The minimum absolute atomic E-state index is 0.633. The summed E-state index contributed by atoms with van der Waals surface area (Å²) in [6, 6.07) is 71.8. The van der Waals surface area contributed by atoms with Crippen molar-refractivity contribution in [1.29, 1.82) is 0 Å². The van der Waals surface area contributed by atoms with Crippen LogP contribution in [-0.4, -0.2) is 19.9 Å². The van der Waals surface area contributed by atoms with Crippen LogP contribution in [0.1, 0.15) is 0 Å². The molecule has 0 aliphatic carbocycles. The third kappa shape index (κ3) is 6.29. The molecule has 4 heteroatoms. The molecule has 56 heavy (non-hydrogen) atoms. The van der Waals surface area contributed by atoms with Crippen molar-refractivity contribution in [3.05, 3.63) is 206 Å². The molecule has 0 unspecified atom stereocenters. The molecule has 8 aromatic carbocycles. The van der Waals surface area contributed by atoms with Crippen molar-refractivity contribution in [1.82, 2.24) is 19.9 Å². The standard InChI is InChI=1S/C52H34N4/c1-5-16-35(17-6-1)44-28-15-29-45-48(44)46-34-42(30-31-47(46)53-49(45)36-18-7-2-8-19-36)40-25-13-24-39(32-40)41-26-14-27-43(33-41)52-55-50(37-20-9-3-10-21-37)54-51(56-52)38-22-11-4-12-23-38/h1-34H. The quantitative estimate of drug-likeness (QED) is 0.154. The first-order valence-electron chi connectivity index (χ1n) is 18.8. The van der Waals surface area contributed by atoms with Crippen LogP contribution >= 0.6 is 0 Å². The largest absolute Gasteiger partial charge is 0.247 e. The molecule has 0 amide bonds. The minimum Gasteiger partial charge on any atom is -0.247 e. The Morgan fingerprint density at radius 3 is 1.25 bits per heavy atom. The average molecular weight is 715 g/mol. The molecule has 0 aliphatic rings. The van der Waals surface area contributed by atoms with Gasteiger partial charge in [0.2, 0.25) is 0 Å². The van der Waals surface area contributed by atoms with Crippen molar-refractivity contribution in [3.63, 3.8) is 0 Å². The van der Waals surface area contributed by atoms with Crippen molar-refractivity contribution in [2.75, 3.05) is 0 Å². The van der Waals surface area contributed by atoms with E-state index in [-0.39, 0.29) is 0 Å². The predicted molar refractivity (Wildman–Crippen MR) is 231 cm³/mol. The molecule has 0 atom stereocenters. The zero-order valence-corrected chi connectivity index (χ0v) is 30.4. The molecule has 262 valence electrons. The molecule has 0 fully saturated rings. The highest BCUT2D eigenvalue weighted by Crippen LogP contribution is 2.40. The van der Waals surface area contributed by atoms with Crippen LogP contribution in [-0.2, 0) is 0 Å². The maximum atomic E-state index is 5.28. The van der Waals surface area contributed by atoms with Gasteiger partial charge in [0.05, 0.1) is 11.2 Å². The van der Waals surface area contributed by atoms with Crippen molar-refractivity contribution < 1.29 is 0 Å². The third-order valence-corrected chi connectivity index (χ3v) is 10.3. The zero-order chi connectivity index (χ0) is 37.3. The van der Waals surface area contributed by atoms with Crippen molar-refractivity contribution in [3.8, 4) is 78.8 Å². The van der Waals surface area contributed by atoms with Crippen LogP contribution in [0, 0.1) is 0 Å². The third-order valence-electron chi connectivity index (χ3n) is 10.3. The number of pyridine rings is 1. The van der Waals surface area contributed by atoms with Crippen molar-refractivity contribution >= 4 is 21.7 Å². The first kappa shape index (κ1) is 33.0. The van der Waals surface area contributed by atoms with Gasteiger partial charge in [-0.25, -0.2) is 19.9 Å². The van der Waals surface area contributed by atoms with Gasteiger partial charge in [0.25, 0.3) is 0 Å². The normalized spacial score (nSPS) is 11.2. The van der Waals surface area contributed by atoms with E-state index in [1.54, 1.807) is 0 Å². The maximum Gasteiger partial charge on any atom is 0.164 e. The molecule has 0 spiro atoms. The molecule has 10 aromatic rings. The lowest BCUT2D eigenvalue weighted by Crippen LogP contribution is -2.00. The highest BCUT2D eigenvalue weighted by Gasteiger charge is 2.17. The van der Waals surface area contributed by atoms with E-state index < -0.39 is 0 Å². The highest BCUT2D eigenvalue weighted by molar-refractivity contribution is 6.17. The number of fused-ring (bicyclic) bond motifs is 3. The van der Waals surface area contributed by atoms with E-state index in [1.165, 1.54) is 16.5 Å². The second-order valence-corrected chi connectivity index (χ2v) is 13.9. The summed E-state index contributed by atoms with van der Waals surface area (Å²) in [4.78, 5) is 20.1. The van der Waals surface area contributed by atoms with Crippen LogP contribution in [0.25, 0.3) is 100 Å². The summed E-state index contributed by atoms with van der Waals surface area (Å²) >= 11 is 0. The summed E-state index contributed by atoms with van der Waals surface area (Å²) in [5.41, 5.74) is 12.7. The van der Waals surface area contributed by atoms with E-state index in [1.807, 2.05) is 60.7 Å². The molecular weight excluding hydrogens is 681 g/mol. The van der Waals surface area contributed by atoms with Gasteiger partial charge in [0.1, 0.15) is 0 Å². The molecule has 0 aliphatic heterocycles. The Morgan fingerprint density at radius 1 is 0.250 bits per heavy atom. The molecule has 0 saturated heterocycles. The average Bonchev–Trinajstić information content (AvgIpc) is 3.29. The van der Waals surface area contributed by atoms with E-state index in [0.717, 1.165) is 66.5 Å². The lowest BCUT2D eigenvalue weighted by atomic mass is 9.91. The topological polar surface area (TPSA) is 51.6 Å². The zero-order valence-electron chi connectivity index (χ0n) is 30.4. The number of rotatable bonds is 7. The van der Waals surface area contributed by atoms with Crippen LogP contribution in [0.4, 0.5) is 0 Å². The van der Waals surface area contributed by atoms with Crippen LogP contribution in [0.15, 0.2) is 206 Å². The number of nitrogens with zero attached hydrogens (tertiary/aromatic N) is 4. The van der Waals surface area contributed by atoms with E-state index in [0.29, 0.717) is 17.5 Å². The van der Waals surface area contributed by atoms with E-state index in [2.05, 4.69) is 146 Å². The second-order valence-electron chi connectivity index (χ2n) is 13.9. The van der Waals surface area contributed by atoms with Gasteiger partial charge in [-0.15, -0.1) is 0 Å². The molecule has 0 radical (unpaired) electrons. The molecule has 0 saturated carbocycles. The molecule has 4 nitrogen and oxygen atoms in total. The molecule has 0 bridgehead atoms. The fraction of sp³-hybridized carbons (Fsp3) is 0. The summed E-state index contributed by atoms with van der Waals surface area (Å²) in [6.07, 6.45) is 0. The first-order valence-corrected chi connectivity index (χ1v) is 18.8. The van der Waals surface area contributed by atoms with Gasteiger partial charge in [-0.2, -0.15) is 0 Å². The van der Waals surface area contributed by atoms with E-state index in [4.69, 9.17) is 19.9 Å². The van der Waals surface area contributed by atoms with Gasteiger partial charge < -0.3 is 0 Å². The van der Waals surface area contributed by atoms with Crippen molar-refractivity contribution in [2.45, 2.75) is 0 Å². The second kappa shape index (κ2) is 14.3. The Bertz CT molecular complexity index is 2940. The Labute approximate surface area is 325 Å². The predicted octanol–water partition coefficient (Wildman–Crippen LogP) is 13.2. The summed E-state index contributed by atoms with van der Waals surface area (Å²) in [5.74, 6) is 1.92. The molecular formula is C52H34N4. The van der Waals surface area contributed by atoms with Gasteiger partial charge >= 0.3 is 0 Å². The Kier molecular flexibility index (Phi) is 8.47. The van der Waals surface area contributed by atoms with Crippen LogP contribution in [0.2, 0.25) is 0 Å². The van der Waals surface area contributed by atoms with E-state index in [9.17, 15) is 0 Å². The van der Waals surface area contributed by atoms with Crippen molar-refractivity contribution in [2.24, 2.45) is 0 Å². The Morgan fingerprint density at radius 2 is 0.679 bits per heavy atom. The maximum absolute atomic E-state index is 5.28. The van der Waals surface area contributed by atoms with Gasteiger partial charge in [-0.3, -0.25) is 0 Å². The highest BCUT2D eigenvalue weighted by atomic mass is 15.0. The fourth-order valence-corrected chi connectivity index (χ4v) is 7.56. The van der Waals surface area contributed by atoms with Crippen LogP contribution in [0.5, 0.6) is 0 Å². The van der Waals surface area contributed by atoms with Gasteiger partial charge in [0.15, 0.2) is 17.5 Å². The van der Waals surface area contributed by atoms with E-state index >= 15 is 0 Å². The fourth-order valence-electron chi connectivity index (χ4n) is 7.56. The smallest absolute Gasteiger partial charge is 0.164 e. The molecule has 10 rings (SSSR count). The molecule has 2 aromatic heterocycles. The summed E-state index contributed by atoms with van der Waals surface area (Å²) < 4.78 is 0. The van der Waals surface area contributed by atoms with Gasteiger partial charge in [-0.05, 0) is 57.6 Å². The first-order chi connectivity index (χ1) is 27.7. The van der Waals surface area contributed by atoms with Gasteiger partial charge in [-0.1, -0.05) is 182 Å². The Hall–Kier alpha value is -7.56. The summed E-state index contributed by atoms with van der Waals surface area (Å²) in [6.45, 7) is 0. The van der Waals surface area contributed by atoms with Crippen LogP contribution < -0.4 is 0 Å². The summed E-state index contributed by atoms with van der Waals surface area (Å²) in [7, 11) is 0. The van der Waals surface area contributed by atoms with Gasteiger partial charge in [0, 0.05) is 38.4 Å². The number of hydrogen-bond acceptors (Lipinski definition) is 4. The number of aromatic nitrogens is 4.